The van der Waals surface area contributed by atoms with Crippen LogP contribution in [0.3, 0.4) is 0 Å². The number of rotatable bonds is 4. The molecule has 2 unspecified atom stereocenters. The monoisotopic (exact) mass is 264 g/mol. The van der Waals surface area contributed by atoms with Crippen molar-refractivity contribution in [3.05, 3.63) is 29.8 Å². The van der Waals surface area contributed by atoms with E-state index in [2.05, 4.69) is 11.8 Å². The van der Waals surface area contributed by atoms with Gasteiger partial charge in [-0.15, -0.1) is 0 Å². The third-order valence-electron chi connectivity index (χ3n) is 3.85. The average Bonchev–Trinajstić information content (AvgIpc) is 2.75. The zero-order valence-electron chi connectivity index (χ0n) is 11.8. The zero-order chi connectivity index (χ0) is 13.7. The van der Waals surface area contributed by atoms with Crippen molar-refractivity contribution in [2.45, 2.75) is 25.4 Å². The van der Waals surface area contributed by atoms with Crippen molar-refractivity contribution < 1.29 is 9.47 Å². The van der Waals surface area contributed by atoms with Crippen LogP contribution in [-0.2, 0) is 4.74 Å². The lowest BCUT2D eigenvalue weighted by Gasteiger charge is -2.31. The van der Waals surface area contributed by atoms with E-state index in [1.165, 1.54) is 0 Å². The van der Waals surface area contributed by atoms with Crippen molar-refractivity contribution in [3.8, 4) is 5.75 Å². The Hall–Kier alpha value is -1.10. The van der Waals surface area contributed by atoms with Crippen LogP contribution in [0.5, 0.6) is 5.75 Å². The van der Waals surface area contributed by atoms with Crippen molar-refractivity contribution in [2.75, 3.05) is 33.4 Å². The summed E-state index contributed by atoms with van der Waals surface area (Å²) in [6.07, 6.45) is 1.08. The minimum Gasteiger partial charge on any atom is -0.497 e. The standard InChI is InChI=1S/C15H24N2O2/c1-12(17-8-3-10-19-11-9-17)15(16)13-4-6-14(18-2)7-5-13/h4-7,12,15H,3,8-11,16H2,1-2H3. The summed E-state index contributed by atoms with van der Waals surface area (Å²) in [6, 6.07) is 8.36. The van der Waals surface area contributed by atoms with Crippen LogP contribution >= 0.6 is 0 Å². The summed E-state index contributed by atoms with van der Waals surface area (Å²) < 4.78 is 10.7. The fraction of sp³-hybridized carbons (Fsp3) is 0.600. The lowest BCUT2D eigenvalue weighted by atomic mass is 10.00. The van der Waals surface area contributed by atoms with E-state index in [0.29, 0.717) is 6.04 Å². The predicted molar refractivity (Wildman–Crippen MR) is 76.4 cm³/mol. The normalized spacial score (nSPS) is 20.6. The second-order valence-corrected chi connectivity index (χ2v) is 5.04. The molecule has 4 nitrogen and oxygen atoms in total. The second kappa shape index (κ2) is 6.89. The van der Waals surface area contributed by atoms with Crippen molar-refractivity contribution in [2.24, 2.45) is 5.73 Å². The molecule has 0 saturated carbocycles. The van der Waals surface area contributed by atoms with Gasteiger partial charge in [-0.3, -0.25) is 4.90 Å². The summed E-state index contributed by atoms with van der Waals surface area (Å²) >= 11 is 0. The smallest absolute Gasteiger partial charge is 0.118 e. The lowest BCUT2D eigenvalue weighted by molar-refractivity contribution is 0.129. The molecule has 2 atom stereocenters. The number of nitrogens with zero attached hydrogens (tertiary/aromatic N) is 1. The Kier molecular flexibility index (Phi) is 5.19. The molecule has 1 aliphatic heterocycles. The largest absolute Gasteiger partial charge is 0.497 e. The predicted octanol–water partition coefficient (Wildman–Crippen LogP) is 1.81. The first-order valence-electron chi connectivity index (χ1n) is 6.93. The summed E-state index contributed by atoms with van der Waals surface area (Å²) in [5.41, 5.74) is 7.54. The number of ether oxygens (including phenoxy) is 2. The molecule has 2 N–H and O–H groups in total. The Bertz CT molecular complexity index is 372. The molecular formula is C15H24N2O2. The third-order valence-corrected chi connectivity index (χ3v) is 3.85. The maximum absolute atomic E-state index is 6.39. The van der Waals surface area contributed by atoms with Crippen LogP contribution in [0.4, 0.5) is 0 Å². The molecule has 106 valence electrons. The van der Waals surface area contributed by atoms with E-state index < -0.39 is 0 Å². The van der Waals surface area contributed by atoms with Crippen LogP contribution < -0.4 is 10.5 Å². The van der Waals surface area contributed by atoms with Gasteiger partial charge in [0.1, 0.15) is 5.75 Å². The third kappa shape index (κ3) is 3.69. The fourth-order valence-corrected chi connectivity index (χ4v) is 2.50. The van der Waals surface area contributed by atoms with Gasteiger partial charge in [-0.2, -0.15) is 0 Å². The Labute approximate surface area is 115 Å². The maximum Gasteiger partial charge on any atom is 0.118 e. The SMILES string of the molecule is COc1ccc(C(N)C(C)N2CCCOCC2)cc1. The summed E-state index contributed by atoms with van der Waals surface area (Å²) in [5, 5.41) is 0. The molecule has 1 aromatic carbocycles. The molecule has 0 bridgehead atoms. The highest BCUT2D eigenvalue weighted by atomic mass is 16.5. The van der Waals surface area contributed by atoms with Gasteiger partial charge >= 0.3 is 0 Å². The van der Waals surface area contributed by atoms with Crippen LogP contribution in [0.2, 0.25) is 0 Å². The molecule has 1 aliphatic rings. The minimum atomic E-state index is 0.0176. The number of benzene rings is 1. The van der Waals surface area contributed by atoms with Gasteiger partial charge in [0.05, 0.1) is 13.7 Å². The van der Waals surface area contributed by atoms with E-state index in [-0.39, 0.29) is 6.04 Å². The van der Waals surface area contributed by atoms with Gasteiger partial charge in [0.25, 0.3) is 0 Å². The molecule has 2 rings (SSSR count). The Morgan fingerprint density at radius 2 is 1.95 bits per heavy atom. The molecule has 0 spiro atoms. The second-order valence-electron chi connectivity index (χ2n) is 5.04. The van der Waals surface area contributed by atoms with Crippen LogP contribution in [-0.4, -0.2) is 44.4 Å². The quantitative estimate of drug-likeness (QED) is 0.901. The minimum absolute atomic E-state index is 0.0176. The summed E-state index contributed by atoms with van der Waals surface area (Å²) in [7, 11) is 1.68. The van der Waals surface area contributed by atoms with E-state index in [0.717, 1.165) is 44.0 Å². The number of hydrogen-bond donors (Lipinski definition) is 1. The van der Waals surface area contributed by atoms with Crippen molar-refractivity contribution in [1.29, 1.82) is 0 Å². The van der Waals surface area contributed by atoms with Crippen molar-refractivity contribution in [3.63, 3.8) is 0 Å². The molecule has 1 aromatic rings. The highest BCUT2D eigenvalue weighted by molar-refractivity contribution is 5.29. The molecular weight excluding hydrogens is 240 g/mol. The Balaban J connectivity index is 2.01. The molecule has 0 aromatic heterocycles. The number of nitrogens with two attached hydrogens (primary N) is 1. The highest BCUT2D eigenvalue weighted by Crippen LogP contribution is 2.22. The van der Waals surface area contributed by atoms with E-state index in [1.54, 1.807) is 7.11 Å². The van der Waals surface area contributed by atoms with Crippen LogP contribution in [0, 0.1) is 0 Å². The van der Waals surface area contributed by atoms with E-state index in [4.69, 9.17) is 15.2 Å². The van der Waals surface area contributed by atoms with Gasteiger partial charge < -0.3 is 15.2 Å². The maximum atomic E-state index is 6.39. The number of hydrogen-bond acceptors (Lipinski definition) is 4. The molecule has 4 heteroatoms. The molecule has 0 radical (unpaired) electrons. The Morgan fingerprint density at radius 3 is 2.63 bits per heavy atom. The lowest BCUT2D eigenvalue weighted by Crippen LogP contribution is -2.42. The number of methoxy groups -OCH3 is 1. The summed E-state index contributed by atoms with van der Waals surface area (Å²) in [6.45, 7) is 5.89. The summed E-state index contributed by atoms with van der Waals surface area (Å²) in [5.74, 6) is 0.867. The van der Waals surface area contributed by atoms with Crippen LogP contribution in [0.15, 0.2) is 24.3 Å². The van der Waals surface area contributed by atoms with Gasteiger partial charge in [-0.25, -0.2) is 0 Å². The molecule has 0 aliphatic carbocycles. The first kappa shape index (κ1) is 14.3. The van der Waals surface area contributed by atoms with Gasteiger partial charge in [-0.1, -0.05) is 12.1 Å². The molecule has 1 heterocycles. The van der Waals surface area contributed by atoms with Crippen LogP contribution in [0.25, 0.3) is 0 Å². The van der Waals surface area contributed by atoms with Gasteiger partial charge in [0, 0.05) is 31.8 Å². The topological polar surface area (TPSA) is 47.7 Å². The Morgan fingerprint density at radius 1 is 1.21 bits per heavy atom. The molecule has 1 fully saturated rings. The molecule has 19 heavy (non-hydrogen) atoms. The van der Waals surface area contributed by atoms with Crippen LogP contribution in [0.1, 0.15) is 24.9 Å². The van der Waals surface area contributed by atoms with Crippen molar-refractivity contribution >= 4 is 0 Å². The van der Waals surface area contributed by atoms with Gasteiger partial charge in [0.2, 0.25) is 0 Å². The van der Waals surface area contributed by atoms with E-state index in [9.17, 15) is 0 Å². The summed E-state index contributed by atoms with van der Waals surface area (Å²) in [4.78, 5) is 2.42. The van der Waals surface area contributed by atoms with E-state index in [1.807, 2.05) is 24.3 Å². The fourth-order valence-electron chi connectivity index (χ4n) is 2.50. The van der Waals surface area contributed by atoms with Gasteiger partial charge in [0.15, 0.2) is 0 Å². The molecule has 0 amide bonds. The first-order chi connectivity index (χ1) is 9.22. The zero-order valence-corrected chi connectivity index (χ0v) is 11.8. The average molecular weight is 264 g/mol. The highest BCUT2D eigenvalue weighted by Gasteiger charge is 2.22. The molecule has 1 saturated heterocycles. The first-order valence-corrected chi connectivity index (χ1v) is 6.93. The van der Waals surface area contributed by atoms with E-state index >= 15 is 0 Å². The van der Waals surface area contributed by atoms with Gasteiger partial charge in [-0.05, 0) is 31.0 Å². The van der Waals surface area contributed by atoms with Crippen molar-refractivity contribution in [1.82, 2.24) is 4.90 Å².